The van der Waals surface area contributed by atoms with Crippen molar-refractivity contribution in [3.8, 4) is 0 Å². The van der Waals surface area contributed by atoms with Crippen LogP contribution >= 0.6 is 0 Å². The van der Waals surface area contributed by atoms with Gasteiger partial charge in [0.25, 0.3) is 0 Å². The van der Waals surface area contributed by atoms with Gasteiger partial charge in [-0.1, -0.05) is 38.1 Å². The minimum atomic E-state index is -0.487. The first-order valence-corrected chi connectivity index (χ1v) is 6.33. The molecule has 1 aromatic carbocycles. The maximum absolute atomic E-state index is 10.2. The molecule has 3 nitrogen and oxygen atoms in total. The average molecular weight is 244 g/mol. The van der Waals surface area contributed by atoms with Gasteiger partial charge in [0, 0.05) is 12.4 Å². The summed E-state index contributed by atoms with van der Waals surface area (Å²) in [5.74, 6) is 1.44. The van der Waals surface area contributed by atoms with Gasteiger partial charge in [-0.3, -0.25) is 0 Å². The Morgan fingerprint density at radius 1 is 1.17 bits per heavy atom. The summed E-state index contributed by atoms with van der Waals surface area (Å²) in [7, 11) is 0. The Balaban J connectivity index is 2.09. The van der Waals surface area contributed by atoms with E-state index in [1.165, 1.54) is 5.56 Å². The fourth-order valence-electron chi connectivity index (χ4n) is 1.99. The molecular weight excluding hydrogens is 224 g/mol. The van der Waals surface area contributed by atoms with Crippen LogP contribution in [0.2, 0.25) is 0 Å². The maximum atomic E-state index is 10.2. The summed E-state index contributed by atoms with van der Waals surface area (Å²) in [4.78, 5) is 4.15. The standard InChI is InChI=1S/C15H20N2O/c1-11(2)13-4-6-14(7-5-13)15(18)10-17-9-8-16-12(17)3/h4-9,11,15,18H,10H2,1-3H3. The van der Waals surface area contributed by atoms with Crippen LogP contribution in [-0.4, -0.2) is 14.7 Å². The Hall–Kier alpha value is -1.61. The van der Waals surface area contributed by atoms with Crippen LogP contribution in [-0.2, 0) is 6.54 Å². The molecule has 0 saturated carbocycles. The third-order valence-corrected chi connectivity index (χ3v) is 3.28. The van der Waals surface area contributed by atoms with Crippen molar-refractivity contribution >= 4 is 0 Å². The molecule has 18 heavy (non-hydrogen) atoms. The van der Waals surface area contributed by atoms with Crippen LogP contribution in [0.3, 0.4) is 0 Å². The van der Waals surface area contributed by atoms with Gasteiger partial charge < -0.3 is 9.67 Å². The molecule has 2 rings (SSSR count). The number of aryl methyl sites for hydroxylation is 1. The first-order chi connectivity index (χ1) is 8.58. The topological polar surface area (TPSA) is 38.0 Å². The summed E-state index contributed by atoms with van der Waals surface area (Å²) in [6.45, 7) is 6.82. The summed E-state index contributed by atoms with van der Waals surface area (Å²) in [5.41, 5.74) is 2.25. The first kappa shape index (κ1) is 12.8. The number of aromatic nitrogens is 2. The van der Waals surface area contributed by atoms with Gasteiger partial charge in [0.05, 0.1) is 12.6 Å². The van der Waals surface area contributed by atoms with Crippen molar-refractivity contribution in [2.45, 2.75) is 39.3 Å². The summed E-state index contributed by atoms with van der Waals surface area (Å²) in [6.07, 6.45) is 3.16. The van der Waals surface area contributed by atoms with E-state index in [1.807, 2.05) is 29.8 Å². The summed E-state index contributed by atoms with van der Waals surface area (Å²) in [5, 5.41) is 10.2. The molecule has 0 aliphatic rings. The smallest absolute Gasteiger partial charge is 0.105 e. The lowest BCUT2D eigenvalue weighted by atomic mass is 10.00. The molecule has 0 spiro atoms. The van der Waals surface area contributed by atoms with Crippen LogP contribution in [0.25, 0.3) is 0 Å². The Kier molecular flexibility index (Phi) is 3.82. The average Bonchev–Trinajstić information content (AvgIpc) is 2.75. The molecule has 0 bridgehead atoms. The fourth-order valence-corrected chi connectivity index (χ4v) is 1.99. The van der Waals surface area contributed by atoms with Crippen molar-refractivity contribution in [2.75, 3.05) is 0 Å². The highest BCUT2D eigenvalue weighted by Gasteiger charge is 2.10. The third-order valence-electron chi connectivity index (χ3n) is 3.28. The first-order valence-electron chi connectivity index (χ1n) is 6.33. The van der Waals surface area contributed by atoms with Gasteiger partial charge in [0.1, 0.15) is 5.82 Å². The molecule has 1 heterocycles. The van der Waals surface area contributed by atoms with Crippen LogP contribution in [0.5, 0.6) is 0 Å². The molecule has 0 aliphatic carbocycles. The molecule has 96 valence electrons. The summed E-state index contributed by atoms with van der Waals surface area (Å²) >= 11 is 0. The summed E-state index contributed by atoms with van der Waals surface area (Å²) < 4.78 is 1.96. The van der Waals surface area contributed by atoms with Crippen molar-refractivity contribution in [1.29, 1.82) is 0 Å². The number of hydrogen-bond donors (Lipinski definition) is 1. The predicted molar refractivity (Wildman–Crippen MR) is 72.5 cm³/mol. The van der Waals surface area contributed by atoms with Gasteiger partial charge in [0.2, 0.25) is 0 Å². The van der Waals surface area contributed by atoms with Crippen LogP contribution < -0.4 is 0 Å². The molecule has 3 heteroatoms. The van der Waals surface area contributed by atoms with Gasteiger partial charge in [-0.15, -0.1) is 0 Å². The Bertz CT molecular complexity index is 499. The second kappa shape index (κ2) is 5.36. The molecule has 2 aromatic rings. The zero-order valence-corrected chi connectivity index (χ0v) is 11.2. The molecule has 0 aliphatic heterocycles. The third kappa shape index (κ3) is 2.79. The number of nitrogens with zero attached hydrogens (tertiary/aromatic N) is 2. The monoisotopic (exact) mass is 244 g/mol. The van der Waals surface area contributed by atoms with Crippen molar-refractivity contribution in [1.82, 2.24) is 9.55 Å². The number of hydrogen-bond acceptors (Lipinski definition) is 2. The fraction of sp³-hybridized carbons (Fsp3) is 0.400. The highest BCUT2D eigenvalue weighted by Crippen LogP contribution is 2.20. The number of aliphatic hydroxyl groups excluding tert-OH is 1. The number of benzene rings is 1. The molecule has 0 radical (unpaired) electrons. The minimum absolute atomic E-state index is 0.487. The minimum Gasteiger partial charge on any atom is -0.387 e. The highest BCUT2D eigenvalue weighted by atomic mass is 16.3. The van der Waals surface area contributed by atoms with E-state index in [2.05, 4.69) is 31.0 Å². The Morgan fingerprint density at radius 2 is 1.78 bits per heavy atom. The largest absolute Gasteiger partial charge is 0.387 e. The van der Waals surface area contributed by atoms with Gasteiger partial charge in [-0.25, -0.2) is 4.98 Å². The lowest BCUT2D eigenvalue weighted by molar-refractivity contribution is 0.155. The van der Waals surface area contributed by atoms with Gasteiger partial charge >= 0.3 is 0 Å². The molecule has 1 unspecified atom stereocenters. The molecule has 0 saturated heterocycles. The van der Waals surface area contributed by atoms with E-state index >= 15 is 0 Å². The molecule has 1 aromatic heterocycles. The lowest BCUT2D eigenvalue weighted by Crippen LogP contribution is -2.09. The van der Waals surface area contributed by atoms with E-state index in [4.69, 9.17) is 0 Å². The van der Waals surface area contributed by atoms with Gasteiger partial charge in [-0.2, -0.15) is 0 Å². The van der Waals surface area contributed by atoms with E-state index in [9.17, 15) is 5.11 Å². The van der Waals surface area contributed by atoms with Gasteiger partial charge in [0.15, 0.2) is 0 Å². The summed E-state index contributed by atoms with van der Waals surface area (Å²) in [6, 6.07) is 8.19. The normalized spacial score (nSPS) is 12.9. The zero-order chi connectivity index (χ0) is 13.1. The maximum Gasteiger partial charge on any atom is 0.105 e. The van der Waals surface area contributed by atoms with E-state index in [0.717, 1.165) is 11.4 Å². The lowest BCUT2D eigenvalue weighted by Gasteiger charge is -2.14. The molecule has 1 atom stereocenters. The van der Waals surface area contributed by atoms with E-state index in [0.29, 0.717) is 12.5 Å². The molecule has 0 fully saturated rings. The highest BCUT2D eigenvalue weighted by molar-refractivity contribution is 5.26. The number of aliphatic hydroxyl groups is 1. The van der Waals surface area contributed by atoms with E-state index < -0.39 is 6.10 Å². The SMILES string of the molecule is Cc1nccn1CC(O)c1ccc(C(C)C)cc1. The predicted octanol–water partition coefficient (Wildman–Crippen LogP) is 3.05. The molecular formula is C15H20N2O. The molecule has 1 N–H and O–H groups in total. The van der Waals surface area contributed by atoms with Crippen molar-refractivity contribution in [2.24, 2.45) is 0 Å². The molecule has 0 amide bonds. The Morgan fingerprint density at radius 3 is 2.28 bits per heavy atom. The van der Waals surface area contributed by atoms with Crippen molar-refractivity contribution in [3.63, 3.8) is 0 Å². The quantitative estimate of drug-likeness (QED) is 0.897. The van der Waals surface area contributed by atoms with E-state index in [1.54, 1.807) is 6.20 Å². The zero-order valence-electron chi connectivity index (χ0n) is 11.2. The number of imidazole rings is 1. The van der Waals surface area contributed by atoms with Crippen molar-refractivity contribution in [3.05, 3.63) is 53.6 Å². The van der Waals surface area contributed by atoms with Gasteiger partial charge in [-0.05, 0) is 24.0 Å². The number of rotatable bonds is 4. The Labute approximate surface area is 108 Å². The van der Waals surface area contributed by atoms with E-state index in [-0.39, 0.29) is 0 Å². The van der Waals surface area contributed by atoms with Crippen molar-refractivity contribution < 1.29 is 5.11 Å². The van der Waals surface area contributed by atoms with Crippen LogP contribution in [0.4, 0.5) is 0 Å². The van der Waals surface area contributed by atoms with Crippen LogP contribution in [0, 0.1) is 6.92 Å². The van der Waals surface area contributed by atoms with Crippen LogP contribution in [0.1, 0.15) is 42.8 Å². The second-order valence-corrected chi connectivity index (χ2v) is 4.96. The van der Waals surface area contributed by atoms with Crippen LogP contribution in [0.15, 0.2) is 36.7 Å². The second-order valence-electron chi connectivity index (χ2n) is 4.96.